The first-order valence-electron chi connectivity index (χ1n) is 6.77. The number of rotatable bonds is 4. The lowest BCUT2D eigenvalue weighted by Gasteiger charge is -2.34. The van der Waals surface area contributed by atoms with Gasteiger partial charge in [-0.3, -0.25) is 0 Å². The number of aryl methyl sites for hydroxylation is 1. The van der Waals surface area contributed by atoms with E-state index >= 15 is 0 Å². The topological polar surface area (TPSA) is 9.23 Å². The molecule has 2 atom stereocenters. The standard InChI is InChI=1S/C16H23BrO/c1-11(2)16(4,10-17)9-14-8-13-7-12(3)5-6-15(13)18-14/h5-7,11,14H,8-10H2,1-4H3. The lowest BCUT2D eigenvalue weighted by Crippen LogP contribution is -2.32. The molecule has 2 rings (SSSR count). The lowest BCUT2D eigenvalue weighted by atomic mass is 9.76. The predicted octanol–water partition coefficient (Wildman–Crippen LogP) is 4.75. The Balaban J connectivity index is 2.07. The Morgan fingerprint density at radius 2 is 2.17 bits per heavy atom. The normalized spacial score (nSPS) is 21.6. The molecule has 0 fully saturated rings. The summed E-state index contributed by atoms with van der Waals surface area (Å²) >= 11 is 3.67. The molecule has 0 saturated carbocycles. The molecule has 1 aliphatic heterocycles. The molecule has 1 heterocycles. The number of alkyl halides is 1. The van der Waals surface area contributed by atoms with E-state index in [2.05, 4.69) is 61.8 Å². The minimum Gasteiger partial charge on any atom is -0.490 e. The Labute approximate surface area is 119 Å². The van der Waals surface area contributed by atoms with Crippen LogP contribution in [0.3, 0.4) is 0 Å². The van der Waals surface area contributed by atoms with Gasteiger partial charge >= 0.3 is 0 Å². The summed E-state index contributed by atoms with van der Waals surface area (Å²) < 4.78 is 6.09. The van der Waals surface area contributed by atoms with Crippen LogP contribution >= 0.6 is 15.9 Å². The van der Waals surface area contributed by atoms with Crippen LogP contribution in [0.2, 0.25) is 0 Å². The number of halogens is 1. The van der Waals surface area contributed by atoms with E-state index in [-0.39, 0.29) is 0 Å². The average molecular weight is 311 g/mol. The van der Waals surface area contributed by atoms with Crippen molar-refractivity contribution in [1.29, 1.82) is 0 Å². The lowest BCUT2D eigenvalue weighted by molar-refractivity contribution is 0.127. The number of hydrogen-bond donors (Lipinski definition) is 0. The average Bonchev–Trinajstić information content (AvgIpc) is 2.69. The van der Waals surface area contributed by atoms with E-state index in [9.17, 15) is 0 Å². The van der Waals surface area contributed by atoms with Crippen LogP contribution in [0, 0.1) is 18.3 Å². The van der Waals surface area contributed by atoms with Gasteiger partial charge in [0.15, 0.2) is 0 Å². The van der Waals surface area contributed by atoms with Gasteiger partial charge in [0.2, 0.25) is 0 Å². The summed E-state index contributed by atoms with van der Waals surface area (Å²) in [7, 11) is 0. The molecule has 1 aliphatic rings. The third-order valence-electron chi connectivity index (χ3n) is 4.35. The Morgan fingerprint density at radius 3 is 2.78 bits per heavy atom. The zero-order chi connectivity index (χ0) is 13.3. The number of benzene rings is 1. The molecule has 0 spiro atoms. The third-order valence-corrected chi connectivity index (χ3v) is 5.63. The molecule has 0 aliphatic carbocycles. The van der Waals surface area contributed by atoms with E-state index in [1.807, 2.05) is 0 Å². The van der Waals surface area contributed by atoms with Crippen LogP contribution < -0.4 is 4.74 Å². The molecule has 0 amide bonds. The molecule has 0 N–H and O–H groups in total. The molecule has 0 aromatic heterocycles. The maximum Gasteiger partial charge on any atom is 0.123 e. The Bertz CT molecular complexity index is 427. The van der Waals surface area contributed by atoms with Gasteiger partial charge in [-0.25, -0.2) is 0 Å². The van der Waals surface area contributed by atoms with Crippen molar-refractivity contribution >= 4 is 15.9 Å². The fraction of sp³-hybridized carbons (Fsp3) is 0.625. The first-order valence-corrected chi connectivity index (χ1v) is 7.89. The van der Waals surface area contributed by atoms with Crippen molar-refractivity contribution < 1.29 is 4.74 Å². The second kappa shape index (κ2) is 5.24. The van der Waals surface area contributed by atoms with Crippen molar-refractivity contribution in [1.82, 2.24) is 0 Å². The monoisotopic (exact) mass is 310 g/mol. The second-order valence-corrected chi connectivity index (χ2v) is 6.76. The molecule has 2 unspecified atom stereocenters. The summed E-state index contributed by atoms with van der Waals surface area (Å²) in [6.07, 6.45) is 2.52. The molecule has 1 nitrogen and oxygen atoms in total. The maximum absolute atomic E-state index is 6.09. The largest absolute Gasteiger partial charge is 0.490 e. The van der Waals surface area contributed by atoms with Crippen LogP contribution in [0.1, 0.15) is 38.3 Å². The summed E-state index contributed by atoms with van der Waals surface area (Å²) in [5.74, 6) is 1.75. The molecule has 18 heavy (non-hydrogen) atoms. The molecule has 0 bridgehead atoms. The molecule has 0 saturated heterocycles. The highest BCUT2D eigenvalue weighted by molar-refractivity contribution is 9.09. The summed E-state index contributed by atoms with van der Waals surface area (Å²) in [5, 5.41) is 1.03. The van der Waals surface area contributed by atoms with Gasteiger partial charge in [0.25, 0.3) is 0 Å². The molecular weight excluding hydrogens is 288 g/mol. The van der Waals surface area contributed by atoms with Crippen molar-refractivity contribution in [3.63, 3.8) is 0 Å². The quantitative estimate of drug-likeness (QED) is 0.729. The van der Waals surface area contributed by atoms with Crippen molar-refractivity contribution in [2.75, 3.05) is 5.33 Å². The fourth-order valence-electron chi connectivity index (χ4n) is 2.53. The summed E-state index contributed by atoms with van der Waals surface area (Å²) in [5.41, 5.74) is 3.01. The van der Waals surface area contributed by atoms with Gasteiger partial charge in [0.05, 0.1) is 0 Å². The first-order chi connectivity index (χ1) is 8.44. The van der Waals surface area contributed by atoms with E-state index in [0.29, 0.717) is 17.4 Å². The fourth-order valence-corrected chi connectivity index (χ4v) is 3.40. The van der Waals surface area contributed by atoms with E-state index in [4.69, 9.17) is 4.74 Å². The highest BCUT2D eigenvalue weighted by atomic mass is 79.9. The van der Waals surface area contributed by atoms with Gasteiger partial charge in [0, 0.05) is 11.8 Å². The van der Waals surface area contributed by atoms with Crippen molar-refractivity contribution in [2.24, 2.45) is 11.3 Å². The number of fused-ring (bicyclic) bond motifs is 1. The zero-order valence-electron chi connectivity index (χ0n) is 11.8. The molecular formula is C16H23BrO. The highest BCUT2D eigenvalue weighted by Crippen LogP contribution is 2.39. The van der Waals surface area contributed by atoms with E-state index < -0.39 is 0 Å². The van der Waals surface area contributed by atoms with Gasteiger partial charge in [-0.2, -0.15) is 0 Å². The molecule has 0 radical (unpaired) electrons. The van der Waals surface area contributed by atoms with Crippen LogP contribution in [-0.2, 0) is 6.42 Å². The van der Waals surface area contributed by atoms with Gasteiger partial charge in [-0.15, -0.1) is 0 Å². The Hall–Kier alpha value is -0.500. The molecule has 1 aromatic carbocycles. The SMILES string of the molecule is Cc1ccc2c(c1)CC(CC(C)(CBr)C(C)C)O2. The van der Waals surface area contributed by atoms with Gasteiger partial charge in [-0.1, -0.05) is 54.4 Å². The highest BCUT2D eigenvalue weighted by Gasteiger charge is 2.34. The minimum absolute atomic E-state index is 0.307. The van der Waals surface area contributed by atoms with E-state index in [1.54, 1.807) is 0 Å². The van der Waals surface area contributed by atoms with E-state index in [1.165, 1.54) is 11.1 Å². The van der Waals surface area contributed by atoms with Crippen LogP contribution in [0.15, 0.2) is 18.2 Å². The zero-order valence-corrected chi connectivity index (χ0v) is 13.4. The summed E-state index contributed by atoms with van der Waals surface area (Å²) in [6.45, 7) is 9.09. The Morgan fingerprint density at radius 1 is 1.44 bits per heavy atom. The van der Waals surface area contributed by atoms with Crippen molar-refractivity contribution in [3.8, 4) is 5.75 Å². The van der Waals surface area contributed by atoms with Crippen molar-refractivity contribution in [2.45, 2.75) is 46.6 Å². The third kappa shape index (κ3) is 2.74. The predicted molar refractivity (Wildman–Crippen MR) is 80.7 cm³/mol. The smallest absolute Gasteiger partial charge is 0.123 e. The van der Waals surface area contributed by atoms with Crippen molar-refractivity contribution in [3.05, 3.63) is 29.3 Å². The number of ether oxygens (including phenoxy) is 1. The van der Waals surface area contributed by atoms with E-state index in [0.717, 1.165) is 23.9 Å². The summed E-state index contributed by atoms with van der Waals surface area (Å²) in [6, 6.07) is 6.51. The van der Waals surface area contributed by atoms with Gasteiger partial charge < -0.3 is 4.74 Å². The van der Waals surface area contributed by atoms with Gasteiger partial charge in [0.1, 0.15) is 11.9 Å². The summed E-state index contributed by atoms with van der Waals surface area (Å²) in [4.78, 5) is 0. The Kier molecular flexibility index (Phi) is 4.05. The molecule has 2 heteroatoms. The van der Waals surface area contributed by atoms with Crippen LogP contribution in [0.5, 0.6) is 5.75 Å². The van der Waals surface area contributed by atoms with Crippen LogP contribution in [-0.4, -0.2) is 11.4 Å². The van der Waals surface area contributed by atoms with Crippen LogP contribution in [0.4, 0.5) is 0 Å². The molecule has 1 aromatic rings. The number of hydrogen-bond acceptors (Lipinski definition) is 1. The second-order valence-electron chi connectivity index (χ2n) is 6.20. The van der Waals surface area contributed by atoms with Gasteiger partial charge in [-0.05, 0) is 36.3 Å². The molecule has 100 valence electrons. The minimum atomic E-state index is 0.307. The van der Waals surface area contributed by atoms with Crippen LogP contribution in [0.25, 0.3) is 0 Å². The maximum atomic E-state index is 6.09. The first kappa shape index (κ1) is 13.9.